The predicted octanol–water partition coefficient (Wildman–Crippen LogP) is 6.73. The van der Waals surface area contributed by atoms with E-state index < -0.39 is 5.92 Å². The molecule has 0 aromatic heterocycles. The molecule has 0 unspecified atom stereocenters. The van der Waals surface area contributed by atoms with Crippen LogP contribution in [0.15, 0.2) is 65.0 Å². The summed E-state index contributed by atoms with van der Waals surface area (Å²) in [6.45, 7) is 12.6. The van der Waals surface area contributed by atoms with E-state index in [9.17, 15) is 14.4 Å². The summed E-state index contributed by atoms with van der Waals surface area (Å²) in [7, 11) is 2.01. The highest BCUT2D eigenvalue weighted by Crippen LogP contribution is 2.54. The summed E-state index contributed by atoms with van der Waals surface area (Å²) in [5, 5.41) is 2.85. The number of Topliss-reactive ketones (excluding diaryl/α,β-unsaturated/α-hetero) is 2. The van der Waals surface area contributed by atoms with Crippen molar-refractivity contribution < 1.29 is 23.9 Å². The van der Waals surface area contributed by atoms with Gasteiger partial charge in [0.2, 0.25) is 0 Å². The van der Waals surface area contributed by atoms with Crippen LogP contribution in [-0.2, 0) is 14.4 Å². The second kappa shape index (κ2) is 11.1. The molecule has 2 aliphatic carbocycles. The third-order valence-corrected chi connectivity index (χ3v) is 8.47. The number of ether oxygens (including phenoxy) is 2. The van der Waals surface area contributed by atoms with Crippen molar-refractivity contribution in [2.75, 3.05) is 25.6 Å². The number of rotatable bonds is 7. The maximum atomic E-state index is 13.8. The number of carbonyl (C=O) groups is 3. The number of allylic oxidation sites excluding steroid dienone is 4. The number of anilines is 1. The number of nitrogens with one attached hydrogen (secondary N) is 1. The molecule has 222 valence electrons. The lowest BCUT2D eigenvalue weighted by Gasteiger charge is -2.47. The molecule has 0 atom stereocenters. The van der Waals surface area contributed by atoms with E-state index in [2.05, 4.69) is 37.9 Å². The Kier molecular flexibility index (Phi) is 7.82. The number of hydrogen-bond acceptors (Lipinski definition) is 6. The fourth-order valence-corrected chi connectivity index (χ4v) is 6.57. The lowest BCUT2D eigenvalue weighted by atomic mass is 9.64. The Bertz CT molecular complexity index is 1440. The second-order valence-electron chi connectivity index (χ2n) is 13.4. The van der Waals surface area contributed by atoms with Crippen molar-refractivity contribution in [3.63, 3.8) is 0 Å². The quantitative estimate of drug-likeness (QED) is 0.398. The number of benzene rings is 2. The van der Waals surface area contributed by atoms with Crippen molar-refractivity contribution in [1.82, 2.24) is 4.90 Å². The summed E-state index contributed by atoms with van der Waals surface area (Å²) in [4.78, 5) is 42.3. The first-order valence-electron chi connectivity index (χ1n) is 14.8. The second-order valence-corrected chi connectivity index (χ2v) is 13.4. The van der Waals surface area contributed by atoms with Gasteiger partial charge in [-0.15, -0.1) is 0 Å². The third-order valence-electron chi connectivity index (χ3n) is 8.47. The van der Waals surface area contributed by atoms with Crippen molar-refractivity contribution in [3.05, 3.63) is 76.1 Å². The number of carbonyl (C=O) groups excluding carboxylic acids is 3. The van der Waals surface area contributed by atoms with Gasteiger partial charge in [0.1, 0.15) is 0 Å². The first-order valence-corrected chi connectivity index (χ1v) is 14.8. The van der Waals surface area contributed by atoms with Crippen LogP contribution in [0.3, 0.4) is 0 Å². The van der Waals surface area contributed by atoms with Gasteiger partial charge in [-0.1, -0.05) is 51.5 Å². The average Bonchev–Trinajstić information content (AvgIpc) is 2.89. The zero-order chi connectivity index (χ0) is 30.4. The number of aryl methyl sites for hydroxylation is 1. The molecule has 0 spiro atoms. The predicted molar refractivity (Wildman–Crippen MR) is 164 cm³/mol. The fourth-order valence-electron chi connectivity index (χ4n) is 6.57. The van der Waals surface area contributed by atoms with Crippen LogP contribution < -0.4 is 14.8 Å². The molecule has 42 heavy (non-hydrogen) atoms. The summed E-state index contributed by atoms with van der Waals surface area (Å²) >= 11 is 0. The molecule has 1 N–H and O–H groups in total. The summed E-state index contributed by atoms with van der Waals surface area (Å²) in [6.07, 6.45) is 2.41. The summed E-state index contributed by atoms with van der Waals surface area (Å²) in [5.41, 5.74) is 5.78. The molecule has 5 rings (SSSR count). The molecule has 3 aliphatic rings. The van der Waals surface area contributed by atoms with E-state index in [0.29, 0.717) is 36.6 Å². The van der Waals surface area contributed by atoms with E-state index >= 15 is 0 Å². The largest absolute Gasteiger partial charge is 0.490 e. The van der Waals surface area contributed by atoms with Crippen LogP contribution in [0.2, 0.25) is 0 Å². The number of ketones is 2. The van der Waals surface area contributed by atoms with Crippen LogP contribution in [0.5, 0.6) is 11.5 Å². The first-order chi connectivity index (χ1) is 19.8. The van der Waals surface area contributed by atoms with Crippen LogP contribution in [0.4, 0.5) is 5.69 Å². The standard InChI is InChI=1S/C35H42N2O5/c1-8-41-29-15-22(11-14-28(29)42-20-30(40)36-23-12-9-21(2)10-13-23)31-32-24(16-34(3,4)18-26(32)38)37(7)25-17-35(5,6)19-27(39)33(25)31/h9-15,31H,8,16-20H2,1-7H3,(H,36,40). The Morgan fingerprint density at radius 3 is 1.98 bits per heavy atom. The van der Waals surface area contributed by atoms with E-state index in [1.165, 1.54) is 0 Å². The van der Waals surface area contributed by atoms with Crippen molar-refractivity contribution >= 4 is 23.2 Å². The third kappa shape index (κ3) is 5.87. The van der Waals surface area contributed by atoms with E-state index in [4.69, 9.17) is 9.47 Å². The van der Waals surface area contributed by atoms with Gasteiger partial charge in [0, 0.05) is 54.0 Å². The number of hydrogen-bond donors (Lipinski definition) is 1. The summed E-state index contributed by atoms with van der Waals surface area (Å²) in [5.74, 6) is 0.353. The van der Waals surface area contributed by atoms with Crippen LogP contribution in [0.1, 0.15) is 77.3 Å². The minimum atomic E-state index is -0.462. The Balaban J connectivity index is 1.50. The average molecular weight is 571 g/mol. The van der Waals surface area contributed by atoms with Crippen molar-refractivity contribution in [2.45, 2.75) is 73.1 Å². The van der Waals surface area contributed by atoms with Crippen LogP contribution >= 0.6 is 0 Å². The minimum Gasteiger partial charge on any atom is -0.490 e. The molecule has 1 amide bonds. The van der Waals surface area contributed by atoms with Crippen molar-refractivity contribution in [1.29, 1.82) is 0 Å². The van der Waals surface area contributed by atoms with Gasteiger partial charge in [-0.2, -0.15) is 0 Å². The van der Waals surface area contributed by atoms with Gasteiger partial charge in [0.15, 0.2) is 29.7 Å². The van der Waals surface area contributed by atoms with Crippen LogP contribution in [-0.4, -0.2) is 42.6 Å². The van der Waals surface area contributed by atoms with Crippen molar-refractivity contribution in [2.24, 2.45) is 10.8 Å². The summed E-state index contributed by atoms with van der Waals surface area (Å²) < 4.78 is 11.9. The topological polar surface area (TPSA) is 84.9 Å². The molecule has 0 saturated heterocycles. The molecule has 0 radical (unpaired) electrons. The SMILES string of the molecule is CCOc1cc(C2C3=C(CC(C)(C)CC3=O)N(C)C3=C2C(=O)CC(C)(C)C3)ccc1OCC(=O)Nc1ccc(C)cc1. The molecule has 2 aromatic carbocycles. The minimum absolute atomic E-state index is 0.0911. The molecular formula is C35H42N2O5. The van der Waals surface area contributed by atoms with Gasteiger partial charge in [0.05, 0.1) is 6.61 Å². The zero-order valence-corrected chi connectivity index (χ0v) is 25.8. The number of nitrogens with zero attached hydrogens (tertiary/aromatic N) is 1. The Labute approximate surface area is 249 Å². The highest BCUT2D eigenvalue weighted by molar-refractivity contribution is 6.06. The van der Waals surface area contributed by atoms with Crippen LogP contribution in [0, 0.1) is 17.8 Å². The Hall–Kier alpha value is -3.87. The molecular weight excluding hydrogens is 528 g/mol. The summed E-state index contributed by atoms with van der Waals surface area (Å²) in [6, 6.07) is 13.1. The Morgan fingerprint density at radius 2 is 1.43 bits per heavy atom. The molecule has 1 heterocycles. The van der Waals surface area contributed by atoms with Gasteiger partial charge >= 0.3 is 0 Å². The molecule has 0 fully saturated rings. The molecule has 0 bridgehead atoms. The number of amides is 1. The highest BCUT2D eigenvalue weighted by Gasteiger charge is 2.48. The van der Waals surface area contributed by atoms with Gasteiger partial charge in [-0.05, 0) is 67.3 Å². The van der Waals surface area contributed by atoms with E-state index in [1.54, 1.807) is 6.07 Å². The zero-order valence-electron chi connectivity index (χ0n) is 25.8. The first kappa shape index (κ1) is 29.6. The van der Waals surface area contributed by atoms with Gasteiger partial charge in [-0.3, -0.25) is 14.4 Å². The van der Waals surface area contributed by atoms with Gasteiger partial charge < -0.3 is 19.7 Å². The van der Waals surface area contributed by atoms with E-state index in [1.807, 2.05) is 57.3 Å². The molecule has 7 nitrogen and oxygen atoms in total. The van der Waals surface area contributed by atoms with Crippen molar-refractivity contribution in [3.8, 4) is 11.5 Å². The van der Waals surface area contributed by atoms with E-state index in [0.717, 1.165) is 46.5 Å². The molecule has 1 aliphatic heterocycles. The smallest absolute Gasteiger partial charge is 0.262 e. The fraction of sp³-hybridized carbons (Fsp3) is 0.457. The Morgan fingerprint density at radius 1 is 0.857 bits per heavy atom. The monoisotopic (exact) mass is 570 g/mol. The normalized spacial score (nSPS) is 19.8. The maximum absolute atomic E-state index is 13.8. The maximum Gasteiger partial charge on any atom is 0.262 e. The lowest BCUT2D eigenvalue weighted by Crippen LogP contribution is -2.43. The molecule has 7 heteroatoms. The molecule has 0 saturated carbocycles. The van der Waals surface area contributed by atoms with Gasteiger partial charge in [-0.25, -0.2) is 0 Å². The van der Waals surface area contributed by atoms with Crippen LogP contribution in [0.25, 0.3) is 0 Å². The molecule has 2 aromatic rings. The highest BCUT2D eigenvalue weighted by atomic mass is 16.5. The lowest BCUT2D eigenvalue weighted by molar-refractivity contribution is -0.120. The van der Waals surface area contributed by atoms with Gasteiger partial charge in [0.25, 0.3) is 5.91 Å². The van der Waals surface area contributed by atoms with E-state index in [-0.39, 0.29) is 34.9 Å².